The summed E-state index contributed by atoms with van der Waals surface area (Å²) in [4.78, 5) is 41.0. The van der Waals surface area contributed by atoms with Crippen LogP contribution in [0.4, 0.5) is 5.69 Å². The summed E-state index contributed by atoms with van der Waals surface area (Å²) in [5.74, 6) is 1.32. The number of aryl methyl sites for hydroxylation is 1. The number of ether oxygens (including phenoxy) is 3. The van der Waals surface area contributed by atoms with Crippen molar-refractivity contribution in [1.29, 1.82) is 0 Å². The highest BCUT2D eigenvalue weighted by Crippen LogP contribution is 2.50. The van der Waals surface area contributed by atoms with E-state index in [1.807, 2.05) is 45.0 Å². The third-order valence-corrected chi connectivity index (χ3v) is 7.13. The van der Waals surface area contributed by atoms with Crippen molar-refractivity contribution in [2.45, 2.75) is 52.1 Å². The topological polar surface area (TPSA) is 118 Å². The van der Waals surface area contributed by atoms with Crippen molar-refractivity contribution >= 4 is 17.5 Å². The molecule has 3 rings (SSSR count). The summed E-state index contributed by atoms with van der Waals surface area (Å²) in [5, 5.41) is 9.21. The Morgan fingerprint density at radius 2 is 1.76 bits per heavy atom. The van der Waals surface area contributed by atoms with Crippen LogP contribution in [0.25, 0.3) is 11.1 Å². The predicted octanol–water partition coefficient (Wildman–Crippen LogP) is 3.37. The summed E-state index contributed by atoms with van der Waals surface area (Å²) in [7, 11) is 8.57. The third-order valence-electron chi connectivity index (χ3n) is 7.13. The fourth-order valence-corrected chi connectivity index (χ4v) is 5.24. The Labute approximate surface area is 242 Å². The van der Waals surface area contributed by atoms with Gasteiger partial charge in [-0.3, -0.25) is 14.4 Å². The van der Waals surface area contributed by atoms with Gasteiger partial charge in [-0.05, 0) is 74.2 Å². The van der Waals surface area contributed by atoms with Gasteiger partial charge < -0.3 is 35.1 Å². The van der Waals surface area contributed by atoms with E-state index in [-0.39, 0.29) is 23.2 Å². The van der Waals surface area contributed by atoms with Gasteiger partial charge in [-0.2, -0.15) is 0 Å². The molecule has 224 valence electrons. The van der Waals surface area contributed by atoms with E-state index in [9.17, 15) is 14.4 Å². The van der Waals surface area contributed by atoms with E-state index in [2.05, 4.69) is 16.0 Å². The molecule has 0 radical (unpaired) electrons. The van der Waals surface area contributed by atoms with Crippen molar-refractivity contribution in [3.63, 3.8) is 0 Å². The maximum absolute atomic E-state index is 13.7. The molecule has 0 unspecified atom stereocenters. The molecule has 3 N–H and O–H groups in total. The van der Waals surface area contributed by atoms with Crippen molar-refractivity contribution in [2.75, 3.05) is 53.8 Å². The van der Waals surface area contributed by atoms with E-state index in [0.29, 0.717) is 60.9 Å². The van der Waals surface area contributed by atoms with Crippen molar-refractivity contribution < 1.29 is 23.8 Å². The Morgan fingerprint density at radius 1 is 1.05 bits per heavy atom. The number of anilines is 1. The summed E-state index contributed by atoms with van der Waals surface area (Å²) in [6.45, 7) is 6.75. The molecule has 41 heavy (non-hydrogen) atoms. The fourth-order valence-electron chi connectivity index (χ4n) is 5.24. The molecular weight excluding hydrogens is 524 g/mol. The number of rotatable bonds is 12. The number of methoxy groups -OCH3 is 3. The second-order valence-electron chi connectivity index (χ2n) is 11.0. The van der Waals surface area contributed by atoms with E-state index in [1.54, 1.807) is 33.5 Å². The lowest BCUT2D eigenvalue weighted by Crippen LogP contribution is -2.43. The van der Waals surface area contributed by atoms with Crippen LogP contribution in [-0.4, -0.2) is 71.3 Å². The molecule has 2 aromatic carbocycles. The van der Waals surface area contributed by atoms with Gasteiger partial charge in [-0.15, -0.1) is 0 Å². The Morgan fingerprint density at radius 3 is 2.34 bits per heavy atom. The Kier molecular flexibility index (Phi) is 11.0. The lowest BCUT2D eigenvalue weighted by Gasteiger charge is -2.21. The summed E-state index contributed by atoms with van der Waals surface area (Å²) in [6, 6.07) is 6.02. The largest absolute Gasteiger partial charge is 0.493 e. The van der Waals surface area contributed by atoms with Crippen LogP contribution in [-0.2, 0) is 16.0 Å². The summed E-state index contributed by atoms with van der Waals surface area (Å²) < 4.78 is 17.1. The normalized spacial score (nSPS) is 14.8. The van der Waals surface area contributed by atoms with Crippen LogP contribution in [0, 0.1) is 5.92 Å². The van der Waals surface area contributed by atoms with Gasteiger partial charge in [0.25, 0.3) is 0 Å². The number of nitrogens with zero attached hydrogens (tertiary/aromatic N) is 1. The zero-order chi connectivity index (χ0) is 30.3. The smallest absolute Gasteiger partial charge is 0.242 e. The highest BCUT2D eigenvalue weighted by atomic mass is 16.5. The molecule has 0 aliphatic heterocycles. The molecule has 2 aromatic rings. The van der Waals surface area contributed by atoms with Crippen LogP contribution in [0.5, 0.6) is 17.2 Å². The molecule has 1 aliphatic rings. The number of hydrogen-bond acceptors (Lipinski definition) is 8. The first-order valence-corrected chi connectivity index (χ1v) is 14.0. The van der Waals surface area contributed by atoms with Crippen LogP contribution in [0.1, 0.15) is 50.8 Å². The van der Waals surface area contributed by atoms with Gasteiger partial charge in [-0.1, -0.05) is 19.9 Å². The Balaban J connectivity index is 2.18. The number of amides is 2. The van der Waals surface area contributed by atoms with Gasteiger partial charge >= 0.3 is 0 Å². The number of carbonyl (C=O) groups is 2. The van der Waals surface area contributed by atoms with Crippen molar-refractivity contribution in [1.82, 2.24) is 15.5 Å². The lowest BCUT2D eigenvalue weighted by atomic mass is 9.95. The minimum absolute atomic E-state index is 0.159. The minimum atomic E-state index is -0.593. The first-order valence-electron chi connectivity index (χ1n) is 14.0. The molecule has 0 heterocycles. The lowest BCUT2D eigenvalue weighted by molar-refractivity contribution is -0.122. The molecule has 10 heteroatoms. The van der Waals surface area contributed by atoms with Crippen LogP contribution in [0.2, 0.25) is 0 Å². The summed E-state index contributed by atoms with van der Waals surface area (Å²) in [6.07, 6.45) is 1.72. The molecule has 1 aliphatic carbocycles. The monoisotopic (exact) mass is 568 g/mol. The first kappa shape index (κ1) is 31.7. The van der Waals surface area contributed by atoms with Gasteiger partial charge in [0.2, 0.25) is 23.0 Å². The molecule has 0 aromatic heterocycles. The molecule has 2 amide bonds. The van der Waals surface area contributed by atoms with Crippen molar-refractivity contribution in [2.24, 2.45) is 5.92 Å². The van der Waals surface area contributed by atoms with Gasteiger partial charge in [0.15, 0.2) is 11.5 Å². The molecule has 0 saturated carbocycles. The standard InChI is InChI=1S/C31H44N4O6/c1-18(2)15-25(31(38)32-13-14-35(4)5)34-24-12-10-21-22(17-26(24)37)23(33-19(3)36)11-9-20-16-27(39-6)29(40-7)30(41-8)28(20)21/h10,12,16-18,23,25H,9,11,13-15H2,1-8H3,(H,32,38)(H,33,36)(H,34,37)/t23-,25-/m0/s1. The molecule has 0 bridgehead atoms. The minimum Gasteiger partial charge on any atom is -0.493 e. The number of hydrogen-bond donors (Lipinski definition) is 3. The van der Waals surface area contributed by atoms with Crippen LogP contribution in [0.3, 0.4) is 0 Å². The quantitative estimate of drug-likeness (QED) is 0.357. The Hall–Kier alpha value is -3.79. The van der Waals surface area contributed by atoms with Gasteiger partial charge in [-0.25, -0.2) is 0 Å². The van der Waals surface area contributed by atoms with E-state index in [1.165, 1.54) is 6.92 Å². The Bertz CT molecular complexity index is 1310. The fraction of sp³-hybridized carbons (Fsp3) is 0.516. The van der Waals surface area contributed by atoms with Gasteiger partial charge in [0, 0.05) is 25.6 Å². The first-order chi connectivity index (χ1) is 19.5. The maximum Gasteiger partial charge on any atom is 0.242 e. The van der Waals surface area contributed by atoms with Crippen molar-refractivity contribution in [3.05, 3.63) is 45.6 Å². The molecule has 0 spiro atoms. The molecule has 0 fully saturated rings. The second-order valence-corrected chi connectivity index (χ2v) is 11.0. The number of nitrogens with one attached hydrogen (secondary N) is 3. The van der Waals surface area contributed by atoms with E-state index in [0.717, 1.165) is 16.7 Å². The molecule has 0 saturated heterocycles. The van der Waals surface area contributed by atoms with Gasteiger partial charge in [0.05, 0.1) is 33.1 Å². The zero-order valence-corrected chi connectivity index (χ0v) is 25.5. The molecular formula is C31H44N4O6. The van der Waals surface area contributed by atoms with Crippen molar-refractivity contribution in [3.8, 4) is 28.4 Å². The third kappa shape index (κ3) is 7.70. The maximum atomic E-state index is 13.7. The SMILES string of the molecule is COc1cc2c(c(OC)c1OC)-c1ccc(N[C@@H](CC(C)C)C(=O)NCCN(C)C)c(=O)cc1[C@@H](NC(C)=O)CC2. The number of fused-ring (bicyclic) bond motifs is 3. The summed E-state index contributed by atoms with van der Waals surface area (Å²) >= 11 is 0. The second kappa shape index (κ2) is 14.2. The highest BCUT2D eigenvalue weighted by Gasteiger charge is 2.30. The molecule has 10 nitrogen and oxygen atoms in total. The summed E-state index contributed by atoms with van der Waals surface area (Å²) in [5.41, 5.74) is 3.14. The van der Waals surface area contributed by atoms with E-state index < -0.39 is 12.1 Å². The van der Waals surface area contributed by atoms with Gasteiger partial charge in [0.1, 0.15) is 6.04 Å². The zero-order valence-electron chi connectivity index (χ0n) is 25.5. The average molecular weight is 569 g/mol. The highest BCUT2D eigenvalue weighted by molar-refractivity contribution is 5.86. The van der Waals surface area contributed by atoms with E-state index in [4.69, 9.17) is 14.2 Å². The number of carbonyl (C=O) groups excluding carboxylic acids is 2. The number of benzene rings is 1. The predicted molar refractivity (Wildman–Crippen MR) is 161 cm³/mol. The average Bonchev–Trinajstić information content (AvgIpc) is 3.15. The van der Waals surface area contributed by atoms with Crippen LogP contribution in [0.15, 0.2) is 29.1 Å². The van der Waals surface area contributed by atoms with Crippen LogP contribution >= 0.6 is 0 Å². The molecule has 2 atom stereocenters. The van der Waals surface area contributed by atoms with E-state index >= 15 is 0 Å². The number of likely N-dealkylation sites (N-methyl/N-ethyl adjacent to an activating group) is 1. The van der Waals surface area contributed by atoms with Crippen LogP contribution < -0.4 is 35.6 Å².